The van der Waals surface area contributed by atoms with E-state index in [1.807, 2.05) is 0 Å². The van der Waals surface area contributed by atoms with Crippen molar-refractivity contribution in [2.45, 2.75) is 12.5 Å². The lowest BCUT2D eigenvalue weighted by Gasteiger charge is -2.17. The molecule has 0 N–H and O–H groups in total. The summed E-state index contributed by atoms with van der Waals surface area (Å²) in [5.41, 5.74) is -1.09. The van der Waals surface area contributed by atoms with Gasteiger partial charge in [0.05, 0.1) is 35.1 Å². The Morgan fingerprint density at radius 3 is 2.10 bits per heavy atom. The number of rotatable bonds is 6. The second kappa shape index (κ2) is 9.24. The normalized spacial score (nSPS) is 15.3. The molecule has 10 nitrogen and oxygen atoms in total. The Kier molecular flexibility index (Phi) is 6.99. The summed E-state index contributed by atoms with van der Waals surface area (Å²) in [6, 6.07) is 9.96. The van der Waals surface area contributed by atoms with E-state index < -0.39 is 27.1 Å². The van der Waals surface area contributed by atoms with Gasteiger partial charge in [-0.05, 0) is 24.3 Å². The van der Waals surface area contributed by atoms with Gasteiger partial charge >= 0.3 is 0 Å². The van der Waals surface area contributed by atoms with Crippen molar-refractivity contribution in [3.05, 3.63) is 68.3 Å². The molecule has 11 heteroatoms. The molecule has 0 spiro atoms. The Labute approximate surface area is 172 Å². The number of likely N-dealkylation sites (tertiary alicyclic amines) is 1. The smallest absolute Gasteiger partial charge is 0.277 e. The van der Waals surface area contributed by atoms with Crippen molar-refractivity contribution in [2.75, 3.05) is 20.2 Å². The number of amides is 1. The third kappa shape index (κ3) is 5.13. The van der Waals surface area contributed by atoms with Gasteiger partial charge in [-0.25, -0.2) is 0 Å². The quantitative estimate of drug-likeness (QED) is 0.518. The van der Waals surface area contributed by atoms with Crippen LogP contribution in [-0.4, -0.2) is 47.0 Å². The lowest BCUT2D eigenvalue weighted by atomic mass is 10.1. The number of hydrogen-bond donors (Lipinski definition) is 0. The van der Waals surface area contributed by atoms with E-state index in [1.54, 1.807) is 31.4 Å². The first-order chi connectivity index (χ1) is 13.4. The SMILES string of the molecule is COc1ccc(O[C@H]2CCN(C(=O)c3cc([N+](=O)[O-])cc([N+](=O)[O-])c3)C2)cc1.S. The fourth-order valence-corrected chi connectivity index (χ4v) is 2.97. The molecule has 154 valence electrons. The zero-order valence-electron chi connectivity index (χ0n) is 15.4. The van der Waals surface area contributed by atoms with Gasteiger partial charge in [0.15, 0.2) is 0 Å². The van der Waals surface area contributed by atoms with Crippen LogP contribution in [0.2, 0.25) is 0 Å². The number of carbonyl (C=O) groups excluding carboxylic acids is 1. The zero-order chi connectivity index (χ0) is 20.3. The van der Waals surface area contributed by atoms with E-state index in [1.165, 1.54) is 4.90 Å². The van der Waals surface area contributed by atoms with Crippen molar-refractivity contribution in [1.29, 1.82) is 0 Å². The van der Waals surface area contributed by atoms with Crippen molar-refractivity contribution in [2.24, 2.45) is 0 Å². The van der Waals surface area contributed by atoms with Crippen LogP contribution < -0.4 is 9.47 Å². The van der Waals surface area contributed by atoms with Gasteiger partial charge in [-0.15, -0.1) is 0 Å². The maximum Gasteiger partial charge on any atom is 0.277 e. The summed E-state index contributed by atoms with van der Waals surface area (Å²) in [4.78, 5) is 34.6. The summed E-state index contributed by atoms with van der Waals surface area (Å²) >= 11 is 0. The van der Waals surface area contributed by atoms with Gasteiger partial charge in [-0.2, -0.15) is 13.5 Å². The molecule has 1 fully saturated rings. The molecule has 3 rings (SSSR count). The van der Waals surface area contributed by atoms with Gasteiger partial charge in [0.1, 0.15) is 17.6 Å². The molecule has 1 amide bonds. The summed E-state index contributed by atoms with van der Waals surface area (Å²) in [6.45, 7) is 0.664. The first-order valence-corrected chi connectivity index (χ1v) is 8.41. The first kappa shape index (κ1) is 22.0. The van der Waals surface area contributed by atoms with Gasteiger partial charge in [0, 0.05) is 25.1 Å². The van der Waals surface area contributed by atoms with Crippen LogP contribution in [0.3, 0.4) is 0 Å². The zero-order valence-corrected chi connectivity index (χ0v) is 16.4. The molecular formula is C18H19N3O7S. The number of non-ortho nitro benzene ring substituents is 2. The van der Waals surface area contributed by atoms with Crippen LogP contribution in [0.1, 0.15) is 16.8 Å². The van der Waals surface area contributed by atoms with E-state index >= 15 is 0 Å². The highest BCUT2D eigenvalue weighted by molar-refractivity contribution is 7.59. The van der Waals surface area contributed by atoms with Gasteiger partial charge < -0.3 is 14.4 Å². The number of benzene rings is 2. The average Bonchev–Trinajstić information content (AvgIpc) is 3.16. The predicted molar refractivity (Wildman–Crippen MR) is 108 cm³/mol. The topological polar surface area (TPSA) is 125 Å². The number of hydrogen-bond acceptors (Lipinski definition) is 7. The van der Waals surface area contributed by atoms with Gasteiger partial charge in [0.25, 0.3) is 17.3 Å². The third-order valence-electron chi connectivity index (χ3n) is 4.37. The molecule has 0 saturated carbocycles. The van der Waals surface area contributed by atoms with Crippen molar-refractivity contribution in [3.63, 3.8) is 0 Å². The van der Waals surface area contributed by atoms with Gasteiger partial charge in [-0.1, -0.05) is 0 Å². The van der Waals surface area contributed by atoms with Gasteiger partial charge in [-0.3, -0.25) is 25.0 Å². The van der Waals surface area contributed by atoms with E-state index in [-0.39, 0.29) is 31.7 Å². The van der Waals surface area contributed by atoms with Crippen molar-refractivity contribution in [3.8, 4) is 11.5 Å². The highest BCUT2D eigenvalue weighted by atomic mass is 32.1. The molecule has 1 atom stereocenters. The van der Waals surface area contributed by atoms with Gasteiger partial charge in [0.2, 0.25) is 0 Å². The number of ether oxygens (including phenoxy) is 2. The van der Waals surface area contributed by atoms with Crippen LogP contribution in [0, 0.1) is 20.2 Å². The fraction of sp³-hybridized carbons (Fsp3) is 0.278. The van der Waals surface area contributed by atoms with E-state index in [0.29, 0.717) is 24.5 Å². The molecule has 1 aliphatic heterocycles. The Morgan fingerprint density at radius 2 is 1.59 bits per heavy atom. The summed E-state index contributed by atoms with van der Waals surface area (Å²) in [5, 5.41) is 22.0. The second-order valence-electron chi connectivity index (χ2n) is 6.21. The fourth-order valence-electron chi connectivity index (χ4n) is 2.97. The van der Waals surface area contributed by atoms with Crippen LogP contribution in [-0.2, 0) is 0 Å². The monoisotopic (exact) mass is 421 g/mol. The summed E-state index contributed by atoms with van der Waals surface area (Å²) in [5.74, 6) is 0.821. The van der Waals surface area contributed by atoms with Crippen LogP contribution >= 0.6 is 13.5 Å². The standard InChI is InChI=1S/C18H17N3O7.H2S/c1-27-15-2-4-16(5-3-15)28-17-6-7-19(11-17)18(22)12-8-13(20(23)24)10-14(9-12)21(25)26;/h2-5,8-10,17H,6-7,11H2,1H3;1H2/t17-;/m0./s1. The van der Waals surface area contributed by atoms with Crippen LogP contribution in [0.25, 0.3) is 0 Å². The van der Waals surface area contributed by atoms with E-state index in [9.17, 15) is 25.0 Å². The Balaban J connectivity index is 0.00000300. The minimum absolute atomic E-state index is 0. The van der Waals surface area contributed by atoms with Crippen LogP contribution in [0.15, 0.2) is 42.5 Å². The molecule has 0 radical (unpaired) electrons. The molecule has 2 aromatic carbocycles. The second-order valence-corrected chi connectivity index (χ2v) is 6.21. The van der Waals surface area contributed by atoms with Crippen molar-refractivity contribution in [1.82, 2.24) is 4.90 Å². The lowest BCUT2D eigenvalue weighted by Crippen LogP contribution is -2.31. The third-order valence-corrected chi connectivity index (χ3v) is 4.37. The minimum atomic E-state index is -0.761. The van der Waals surface area contributed by atoms with Crippen molar-refractivity contribution < 1.29 is 24.1 Å². The molecule has 2 aromatic rings. The van der Waals surface area contributed by atoms with E-state index in [2.05, 4.69) is 0 Å². The number of carbonyl (C=O) groups is 1. The maximum absolute atomic E-state index is 12.7. The molecule has 0 unspecified atom stereocenters. The van der Waals surface area contributed by atoms with Crippen LogP contribution in [0.5, 0.6) is 11.5 Å². The maximum atomic E-state index is 12.7. The van der Waals surface area contributed by atoms with E-state index in [4.69, 9.17) is 9.47 Å². The summed E-state index contributed by atoms with van der Waals surface area (Å²) < 4.78 is 10.9. The number of methoxy groups -OCH3 is 1. The largest absolute Gasteiger partial charge is 0.497 e. The molecule has 1 saturated heterocycles. The number of nitro groups is 2. The number of nitrogens with zero attached hydrogens (tertiary/aromatic N) is 3. The summed E-state index contributed by atoms with van der Waals surface area (Å²) in [6.07, 6.45) is 0.334. The predicted octanol–water partition coefficient (Wildman–Crippen LogP) is 2.92. The van der Waals surface area contributed by atoms with E-state index in [0.717, 1.165) is 18.2 Å². The average molecular weight is 421 g/mol. The van der Waals surface area contributed by atoms with Crippen LogP contribution in [0.4, 0.5) is 11.4 Å². The Morgan fingerprint density at radius 1 is 1.03 bits per heavy atom. The highest BCUT2D eigenvalue weighted by Gasteiger charge is 2.30. The summed E-state index contributed by atoms with van der Waals surface area (Å²) in [7, 11) is 1.56. The molecule has 1 aliphatic rings. The first-order valence-electron chi connectivity index (χ1n) is 8.41. The molecule has 0 aromatic heterocycles. The highest BCUT2D eigenvalue weighted by Crippen LogP contribution is 2.26. The minimum Gasteiger partial charge on any atom is -0.497 e. The Hall–Kier alpha value is -3.34. The molecule has 0 aliphatic carbocycles. The molecule has 0 bridgehead atoms. The number of nitro benzene ring substituents is 2. The van der Waals surface area contributed by atoms with Crippen molar-refractivity contribution >= 4 is 30.8 Å². The molecular weight excluding hydrogens is 402 g/mol. The Bertz CT molecular complexity index is 888. The molecule has 29 heavy (non-hydrogen) atoms. The molecule has 1 heterocycles. The lowest BCUT2D eigenvalue weighted by molar-refractivity contribution is -0.394.